The van der Waals surface area contributed by atoms with Gasteiger partial charge in [-0.3, -0.25) is 4.79 Å². The SMILES string of the molecule is COc1ccc(Cn2cc([C@H](CC(=O)NCc3ccco3)[C@H](C)c3ccccc3)c3ccccc32)cc1. The van der Waals surface area contributed by atoms with Crippen LogP contribution in [0.15, 0.2) is 108 Å². The van der Waals surface area contributed by atoms with Gasteiger partial charge in [0, 0.05) is 36.0 Å². The van der Waals surface area contributed by atoms with Crippen LogP contribution in [0, 0.1) is 0 Å². The molecule has 0 bridgehead atoms. The lowest BCUT2D eigenvalue weighted by Gasteiger charge is -2.24. The predicted octanol–water partition coefficient (Wildman–Crippen LogP) is 6.89. The number of ether oxygens (including phenoxy) is 1. The lowest BCUT2D eigenvalue weighted by Crippen LogP contribution is -2.26. The minimum absolute atomic E-state index is 0.000943. The Morgan fingerprint density at radius 2 is 1.70 bits per heavy atom. The average molecular weight is 493 g/mol. The number of benzene rings is 3. The molecule has 37 heavy (non-hydrogen) atoms. The zero-order chi connectivity index (χ0) is 25.6. The molecule has 1 N–H and O–H groups in total. The molecule has 188 valence electrons. The van der Waals surface area contributed by atoms with E-state index in [1.165, 1.54) is 22.1 Å². The van der Waals surface area contributed by atoms with E-state index >= 15 is 0 Å². The third-order valence-electron chi connectivity index (χ3n) is 7.10. The fourth-order valence-electron chi connectivity index (χ4n) is 5.04. The molecule has 0 saturated heterocycles. The van der Waals surface area contributed by atoms with Crippen LogP contribution >= 0.6 is 0 Å². The second-order valence-corrected chi connectivity index (χ2v) is 9.44. The van der Waals surface area contributed by atoms with Crippen molar-refractivity contribution >= 4 is 16.8 Å². The van der Waals surface area contributed by atoms with Crippen molar-refractivity contribution in [1.82, 2.24) is 9.88 Å². The van der Waals surface area contributed by atoms with Gasteiger partial charge in [-0.2, -0.15) is 0 Å². The molecule has 0 aliphatic carbocycles. The van der Waals surface area contributed by atoms with Crippen LogP contribution in [0.2, 0.25) is 0 Å². The van der Waals surface area contributed by atoms with E-state index in [0.29, 0.717) is 13.0 Å². The number of amides is 1. The Balaban J connectivity index is 1.49. The van der Waals surface area contributed by atoms with Crippen molar-refractivity contribution in [3.8, 4) is 5.75 Å². The van der Waals surface area contributed by atoms with Gasteiger partial charge in [0.05, 0.1) is 19.9 Å². The summed E-state index contributed by atoms with van der Waals surface area (Å²) in [5.41, 5.74) is 4.76. The summed E-state index contributed by atoms with van der Waals surface area (Å²) in [6.07, 6.45) is 4.24. The maximum Gasteiger partial charge on any atom is 0.221 e. The van der Waals surface area contributed by atoms with E-state index in [0.717, 1.165) is 23.6 Å². The Morgan fingerprint density at radius 1 is 0.946 bits per heavy atom. The molecular weight excluding hydrogens is 460 g/mol. The Hall–Kier alpha value is -4.25. The van der Waals surface area contributed by atoms with Crippen molar-refractivity contribution in [2.75, 3.05) is 7.11 Å². The molecule has 2 heterocycles. The molecule has 5 rings (SSSR count). The van der Waals surface area contributed by atoms with E-state index in [2.05, 4.69) is 83.7 Å². The Labute approximate surface area is 217 Å². The highest BCUT2D eigenvalue weighted by Gasteiger charge is 2.27. The highest BCUT2D eigenvalue weighted by atomic mass is 16.5. The van der Waals surface area contributed by atoms with Gasteiger partial charge in [-0.05, 0) is 52.9 Å². The van der Waals surface area contributed by atoms with E-state index in [-0.39, 0.29) is 17.7 Å². The van der Waals surface area contributed by atoms with Crippen molar-refractivity contribution in [2.24, 2.45) is 0 Å². The molecule has 0 radical (unpaired) electrons. The summed E-state index contributed by atoms with van der Waals surface area (Å²) < 4.78 is 13.0. The fourth-order valence-corrected chi connectivity index (χ4v) is 5.04. The first-order valence-electron chi connectivity index (χ1n) is 12.7. The molecule has 5 aromatic rings. The molecule has 0 saturated carbocycles. The van der Waals surface area contributed by atoms with Gasteiger partial charge in [-0.1, -0.05) is 67.6 Å². The molecule has 0 fully saturated rings. The van der Waals surface area contributed by atoms with Gasteiger partial charge in [-0.25, -0.2) is 0 Å². The number of fused-ring (bicyclic) bond motifs is 1. The molecule has 2 aromatic heterocycles. The highest BCUT2D eigenvalue weighted by molar-refractivity contribution is 5.86. The third-order valence-corrected chi connectivity index (χ3v) is 7.10. The topological polar surface area (TPSA) is 56.4 Å². The number of para-hydroxylation sites is 1. The number of rotatable bonds is 10. The largest absolute Gasteiger partial charge is 0.497 e. The standard InChI is InChI=1S/C32H32N2O3/c1-23(25-9-4-3-5-10-25)29(19-32(35)33-20-27-11-8-18-37-27)30-22-34(31-13-7-6-12-28(30)31)21-24-14-16-26(36-2)17-15-24/h3-18,22-23,29H,19-21H2,1-2H3,(H,33,35)/t23-,29-/m1/s1. The van der Waals surface area contributed by atoms with Crippen molar-refractivity contribution in [3.05, 3.63) is 126 Å². The highest BCUT2D eigenvalue weighted by Crippen LogP contribution is 2.40. The van der Waals surface area contributed by atoms with Crippen LogP contribution in [-0.4, -0.2) is 17.6 Å². The summed E-state index contributed by atoms with van der Waals surface area (Å²) >= 11 is 0. The van der Waals surface area contributed by atoms with Gasteiger partial charge in [0.1, 0.15) is 11.5 Å². The molecule has 0 aliphatic heterocycles. The number of hydrogen-bond acceptors (Lipinski definition) is 3. The molecule has 5 heteroatoms. The fraction of sp³-hybridized carbons (Fsp3) is 0.219. The van der Waals surface area contributed by atoms with Gasteiger partial charge < -0.3 is 19.0 Å². The van der Waals surface area contributed by atoms with Gasteiger partial charge >= 0.3 is 0 Å². The summed E-state index contributed by atoms with van der Waals surface area (Å²) in [6, 6.07) is 30.8. The second-order valence-electron chi connectivity index (χ2n) is 9.44. The summed E-state index contributed by atoms with van der Waals surface area (Å²) in [6.45, 7) is 3.34. The lowest BCUT2D eigenvalue weighted by molar-refractivity contribution is -0.121. The Morgan fingerprint density at radius 3 is 2.43 bits per heavy atom. The van der Waals surface area contributed by atoms with E-state index in [9.17, 15) is 4.79 Å². The maximum absolute atomic E-state index is 13.2. The quantitative estimate of drug-likeness (QED) is 0.231. The van der Waals surface area contributed by atoms with Crippen molar-refractivity contribution in [3.63, 3.8) is 0 Å². The first-order valence-corrected chi connectivity index (χ1v) is 12.7. The molecule has 5 nitrogen and oxygen atoms in total. The molecule has 2 atom stereocenters. The Kier molecular flexibility index (Phi) is 7.41. The summed E-state index contributed by atoms with van der Waals surface area (Å²) in [4.78, 5) is 13.2. The molecule has 0 unspecified atom stereocenters. The number of nitrogens with one attached hydrogen (secondary N) is 1. The number of methoxy groups -OCH3 is 1. The summed E-state index contributed by atoms with van der Waals surface area (Å²) in [7, 11) is 1.68. The average Bonchev–Trinajstić information content (AvgIpc) is 3.60. The van der Waals surface area contributed by atoms with Gasteiger partial charge in [0.15, 0.2) is 0 Å². The number of nitrogens with zero attached hydrogens (tertiary/aromatic N) is 1. The van der Waals surface area contributed by atoms with Crippen LogP contribution in [-0.2, 0) is 17.9 Å². The normalized spacial score (nSPS) is 12.8. The molecule has 1 amide bonds. The minimum atomic E-state index is 0.000943. The summed E-state index contributed by atoms with van der Waals surface area (Å²) in [5, 5.41) is 4.23. The van der Waals surface area contributed by atoms with Gasteiger partial charge in [0.25, 0.3) is 0 Å². The lowest BCUT2D eigenvalue weighted by atomic mass is 9.80. The van der Waals surface area contributed by atoms with E-state index < -0.39 is 0 Å². The zero-order valence-corrected chi connectivity index (χ0v) is 21.3. The number of furan rings is 1. The van der Waals surface area contributed by atoms with E-state index in [4.69, 9.17) is 9.15 Å². The smallest absolute Gasteiger partial charge is 0.221 e. The maximum atomic E-state index is 13.2. The van der Waals surface area contributed by atoms with Crippen LogP contribution in [0.4, 0.5) is 0 Å². The molecule has 0 spiro atoms. The van der Waals surface area contributed by atoms with E-state index in [1.807, 2.05) is 30.3 Å². The van der Waals surface area contributed by atoms with Crippen molar-refractivity contribution in [1.29, 1.82) is 0 Å². The van der Waals surface area contributed by atoms with Gasteiger partial charge in [-0.15, -0.1) is 0 Å². The number of carbonyl (C=O) groups excluding carboxylic acids is 1. The van der Waals surface area contributed by atoms with Crippen molar-refractivity contribution < 1.29 is 13.9 Å². The number of carbonyl (C=O) groups is 1. The molecule has 3 aromatic carbocycles. The first-order chi connectivity index (χ1) is 18.1. The number of hydrogen-bond donors (Lipinski definition) is 1. The Bertz CT molecular complexity index is 1440. The minimum Gasteiger partial charge on any atom is -0.497 e. The zero-order valence-electron chi connectivity index (χ0n) is 21.3. The predicted molar refractivity (Wildman–Crippen MR) is 147 cm³/mol. The van der Waals surface area contributed by atoms with Crippen LogP contribution in [0.25, 0.3) is 10.9 Å². The first kappa shape index (κ1) is 24.4. The third kappa shape index (κ3) is 5.61. The van der Waals surface area contributed by atoms with Crippen LogP contribution in [0.3, 0.4) is 0 Å². The van der Waals surface area contributed by atoms with Crippen molar-refractivity contribution in [2.45, 2.75) is 38.3 Å². The summed E-state index contributed by atoms with van der Waals surface area (Å²) in [5.74, 6) is 1.75. The molecular formula is C32H32N2O3. The monoisotopic (exact) mass is 492 g/mol. The number of aromatic nitrogens is 1. The van der Waals surface area contributed by atoms with Crippen LogP contribution < -0.4 is 10.1 Å². The molecule has 0 aliphatic rings. The van der Waals surface area contributed by atoms with Crippen LogP contribution in [0.5, 0.6) is 5.75 Å². The second kappa shape index (κ2) is 11.2. The van der Waals surface area contributed by atoms with Crippen LogP contribution in [0.1, 0.15) is 47.6 Å². The van der Waals surface area contributed by atoms with E-state index in [1.54, 1.807) is 13.4 Å². The van der Waals surface area contributed by atoms with Gasteiger partial charge in [0.2, 0.25) is 5.91 Å².